The van der Waals surface area contributed by atoms with Crippen LogP contribution in [0.2, 0.25) is 0 Å². The Balaban J connectivity index is 2.18. The van der Waals surface area contributed by atoms with Crippen molar-refractivity contribution in [3.05, 3.63) is 17.3 Å². The van der Waals surface area contributed by atoms with E-state index in [0.29, 0.717) is 0 Å². The van der Waals surface area contributed by atoms with Gasteiger partial charge in [-0.2, -0.15) is 0 Å². The average molecular weight is 246 g/mol. The highest BCUT2D eigenvalue weighted by Gasteiger charge is 2.22. The van der Waals surface area contributed by atoms with E-state index in [1.165, 1.54) is 6.42 Å². The summed E-state index contributed by atoms with van der Waals surface area (Å²) in [5.41, 5.74) is 2.74. The quantitative estimate of drug-likeness (QED) is 0.775. The summed E-state index contributed by atoms with van der Waals surface area (Å²) in [5, 5.41) is 0. The first-order valence-electron chi connectivity index (χ1n) is 6.48. The summed E-state index contributed by atoms with van der Waals surface area (Å²) < 4.78 is 7.97. The Kier molecular flexibility index (Phi) is 2.78. The van der Waals surface area contributed by atoms with Gasteiger partial charge in [0.15, 0.2) is 5.65 Å². The van der Waals surface area contributed by atoms with Crippen molar-refractivity contribution < 1.29 is 4.74 Å². The zero-order valence-corrected chi connectivity index (χ0v) is 11.1. The Morgan fingerprint density at radius 3 is 2.67 bits per heavy atom. The van der Waals surface area contributed by atoms with E-state index in [4.69, 9.17) is 4.74 Å². The van der Waals surface area contributed by atoms with Crippen LogP contribution in [0.15, 0.2) is 0 Å². The molecule has 3 heterocycles. The van der Waals surface area contributed by atoms with Crippen molar-refractivity contribution in [2.75, 3.05) is 6.61 Å². The van der Waals surface area contributed by atoms with Crippen molar-refractivity contribution in [3.63, 3.8) is 0 Å². The van der Waals surface area contributed by atoms with Crippen LogP contribution < -0.4 is 0 Å². The van der Waals surface area contributed by atoms with Crippen LogP contribution in [-0.2, 0) is 4.74 Å². The number of imidazole rings is 1. The molecule has 0 saturated carbocycles. The number of aromatic nitrogens is 4. The van der Waals surface area contributed by atoms with E-state index in [1.807, 2.05) is 20.8 Å². The summed E-state index contributed by atoms with van der Waals surface area (Å²) in [4.78, 5) is 13.5. The Labute approximate surface area is 106 Å². The SMILES string of the molecule is Cc1nc(C)c2nc(C)n(C3CCCCO3)c2n1. The van der Waals surface area contributed by atoms with Crippen molar-refractivity contribution in [1.29, 1.82) is 0 Å². The molecule has 5 heteroatoms. The maximum atomic E-state index is 5.85. The predicted molar refractivity (Wildman–Crippen MR) is 68.4 cm³/mol. The summed E-state index contributed by atoms with van der Waals surface area (Å²) >= 11 is 0. The van der Waals surface area contributed by atoms with Crippen LogP contribution in [0.3, 0.4) is 0 Å². The Morgan fingerprint density at radius 2 is 1.94 bits per heavy atom. The normalized spacial score (nSPS) is 20.5. The molecule has 2 aromatic rings. The number of ether oxygens (including phenoxy) is 1. The Bertz CT molecular complexity index is 584. The molecule has 0 amide bonds. The molecule has 0 spiro atoms. The van der Waals surface area contributed by atoms with Crippen molar-refractivity contribution in [1.82, 2.24) is 19.5 Å². The molecule has 1 fully saturated rings. The second-order valence-corrected chi connectivity index (χ2v) is 4.88. The molecule has 18 heavy (non-hydrogen) atoms. The second kappa shape index (κ2) is 4.31. The van der Waals surface area contributed by atoms with Crippen molar-refractivity contribution in [2.24, 2.45) is 0 Å². The van der Waals surface area contributed by atoms with Crippen LogP contribution in [-0.4, -0.2) is 26.1 Å². The number of hydrogen-bond acceptors (Lipinski definition) is 4. The van der Waals surface area contributed by atoms with Crippen LogP contribution in [0.5, 0.6) is 0 Å². The van der Waals surface area contributed by atoms with Gasteiger partial charge < -0.3 is 4.74 Å². The second-order valence-electron chi connectivity index (χ2n) is 4.88. The number of hydrogen-bond donors (Lipinski definition) is 0. The van der Waals surface area contributed by atoms with Gasteiger partial charge in [0.2, 0.25) is 0 Å². The Hall–Kier alpha value is -1.49. The highest BCUT2D eigenvalue weighted by atomic mass is 16.5. The van der Waals surface area contributed by atoms with Crippen molar-refractivity contribution >= 4 is 11.2 Å². The molecule has 1 atom stereocenters. The van der Waals surface area contributed by atoms with Gasteiger partial charge in [-0.1, -0.05) is 0 Å². The smallest absolute Gasteiger partial charge is 0.166 e. The molecular weight excluding hydrogens is 228 g/mol. The molecule has 0 N–H and O–H groups in total. The van der Waals surface area contributed by atoms with E-state index in [1.54, 1.807) is 0 Å². The van der Waals surface area contributed by atoms with Gasteiger partial charge in [0.25, 0.3) is 0 Å². The molecule has 1 unspecified atom stereocenters. The third kappa shape index (κ3) is 1.79. The molecule has 1 aliphatic rings. The van der Waals surface area contributed by atoms with Crippen LogP contribution >= 0.6 is 0 Å². The van der Waals surface area contributed by atoms with Crippen LogP contribution in [0.25, 0.3) is 11.2 Å². The summed E-state index contributed by atoms with van der Waals surface area (Å²) in [7, 11) is 0. The lowest BCUT2D eigenvalue weighted by Crippen LogP contribution is -2.19. The highest BCUT2D eigenvalue weighted by molar-refractivity contribution is 5.74. The molecule has 0 bridgehead atoms. The van der Waals surface area contributed by atoms with Gasteiger partial charge in [0, 0.05) is 6.61 Å². The van der Waals surface area contributed by atoms with E-state index in [9.17, 15) is 0 Å². The standard InChI is InChI=1S/C13H18N4O/c1-8-12-13(15-9(2)14-8)17(10(3)16-12)11-6-4-5-7-18-11/h11H,4-7H2,1-3H3. The summed E-state index contributed by atoms with van der Waals surface area (Å²) in [6, 6.07) is 0. The monoisotopic (exact) mass is 246 g/mol. The minimum Gasteiger partial charge on any atom is -0.358 e. The number of aryl methyl sites for hydroxylation is 3. The third-order valence-electron chi connectivity index (χ3n) is 3.45. The molecule has 1 aliphatic heterocycles. The summed E-state index contributed by atoms with van der Waals surface area (Å²) in [6.07, 6.45) is 3.47. The molecule has 3 rings (SSSR count). The number of rotatable bonds is 1. The van der Waals surface area contributed by atoms with Crippen LogP contribution in [0.4, 0.5) is 0 Å². The van der Waals surface area contributed by atoms with Gasteiger partial charge in [-0.3, -0.25) is 4.57 Å². The minimum atomic E-state index is 0.0810. The molecule has 0 aliphatic carbocycles. The molecule has 96 valence electrons. The van der Waals surface area contributed by atoms with Crippen molar-refractivity contribution in [2.45, 2.75) is 46.3 Å². The van der Waals surface area contributed by atoms with E-state index >= 15 is 0 Å². The molecule has 1 saturated heterocycles. The summed E-state index contributed by atoms with van der Waals surface area (Å²) in [6.45, 7) is 6.73. The molecule has 5 nitrogen and oxygen atoms in total. The first-order chi connectivity index (χ1) is 8.66. The lowest BCUT2D eigenvalue weighted by Gasteiger charge is -2.25. The minimum absolute atomic E-state index is 0.0810. The fraction of sp³-hybridized carbons (Fsp3) is 0.615. The molecule has 2 aromatic heterocycles. The van der Waals surface area contributed by atoms with E-state index in [-0.39, 0.29) is 6.23 Å². The van der Waals surface area contributed by atoms with E-state index in [0.717, 1.165) is 48.0 Å². The number of nitrogens with zero attached hydrogens (tertiary/aromatic N) is 4. The van der Waals surface area contributed by atoms with Gasteiger partial charge in [0.1, 0.15) is 23.4 Å². The topological polar surface area (TPSA) is 52.8 Å². The lowest BCUT2D eigenvalue weighted by molar-refractivity contribution is -0.0309. The summed E-state index contributed by atoms with van der Waals surface area (Å²) in [5.74, 6) is 1.75. The maximum absolute atomic E-state index is 5.85. The fourth-order valence-corrected chi connectivity index (χ4v) is 2.63. The van der Waals surface area contributed by atoms with Gasteiger partial charge in [-0.05, 0) is 40.0 Å². The fourth-order valence-electron chi connectivity index (χ4n) is 2.63. The van der Waals surface area contributed by atoms with Crippen LogP contribution in [0.1, 0.15) is 42.8 Å². The maximum Gasteiger partial charge on any atom is 0.166 e. The van der Waals surface area contributed by atoms with Gasteiger partial charge in [0.05, 0.1) is 5.69 Å². The van der Waals surface area contributed by atoms with Gasteiger partial charge in [-0.25, -0.2) is 15.0 Å². The van der Waals surface area contributed by atoms with Gasteiger partial charge >= 0.3 is 0 Å². The average Bonchev–Trinajstić information content (AvgIpc) is 2.67. The molecule has 0 aromatic carbocycles. The first kappa shape index (κ1) is 11.6. The van der Waals surface area contributed by atoms with Gasteiger partial charge in [-0.15, -0.1) is 0 Å². The van der Waals surface area contributed by atoms with E-state index in [2.05, 4.69) is 19.5 Å². The predicted octanol–water partition coefficient (Wildman–Crippen LogP) is 2.45. The van der Waals surface area contributed by atoms with Crippen molar-refractivity contribution in [3.8, 4) is 0 Å². The Morgan fingerprint density at radius 1 is 1.11 bits per heavy atom. The zero-order chi connectivity index (χ0) is 12.7. The zero-order valence-electron chi connectivity index (χ0n) is 11.1. The first-order valence-corrected chi connectivity index (χ1v) is 6.48. The molecular formula is C13H18N4O. The molecule has 0 radical (unpaired) electrons. The van der Waals surface area contributed by atoms with Crippen LogP contribution in [0, 0.1) is 20.8 Å². The highest BCUT2D eigenvalue weighted by Crippen LogP contribution is 2.28. The number of fused-ring (bicyclic) bond motifs is 1. The largest absolute Gasteiger partial charge is 0.358 e. The third-order valence-corrected chi connectivity index (χ3v) is 3.45. The lowest BCUT2D eigenvalue weighted by atomic mass is 10.2. The van der Waals surface area contributed by atoms with E-state index < -0.39 is 0 Å².